The molecule has 0 aliphatic rings. The largest absolute Gasteiger partial charge is 0.493 e. The van der Waals surface area contributed by atoms with Crippen LogP contribution in [-0.4, -0.2) is 22.2 Å². The smallest absolute Gasteiger partial charge is 0.296 e. The van der Waals surface area contributed by atoms with Gasteiger partial charge in [0, 0.05) is 5.39 Å². The second kappa shape index (κ2) is 4.16. The van der Waals surface area contributed by atoms with Gasteiger partial charge in [-0.2, -0.15) is 4.98 Å². The highest BCUT2D eigenvalue weighted by molar-refractivity contribution is 5.95. The lowest BCUT2D eigenvalue weighted by atomic mass is 10.1. The van der Waals surface area contributed by atoms with E-state index in [0.29, 0.717) is 11.1 Å². The van der Waals surface area contributed by atoms with E-state index in [9.17, 15) is 9.90 Å². The van der Waals surface area contributed by atoms with Crippen LogP contribution >= 0.6 is 0 Å². The Bertz CT molecular complexity index is 804. The van der Waals surface area contributed by atoms with Crippen LogP contribution < -0.4 is 10.3 Å². The van der Waals surface area contributed by atoms with Crippen LogP contribution in [0.5, 0.6) is 11.8 Å². The first kappa shape index (κ1) is 11.3. The highest BCUT2D eigenvalue weighted by atomic mass is 16.6. The van der Waals surface area contributed by atoms with Crippen LogP contribution in [0.25, 0.3) is 22.4 Å². The Morgan fingerprint density at radius 3 is 2.89 bits per heavy atom. The van der Waals surface area contributed by atoms with Gasteiger partial charge in [-0.3, -0.25) is 4.79 Å². The maximum Gasteiger partial charge on any atom is 0.296 e. The van der Waals surface area contributed by atoms with Crippen molar-refractivity contribution in [2.75, 3.05) is 7.11 Å². The van der Waals surface area contributed by atoms with E-state index < -0.39 is 5.56 Å². The SMILES string of the molecule is COc1oc2ccccc2c1-c1nc(O)cc(=O)[nH]1. The summed E-state index contributed by atoms with van der Waals surface area (Å²) in [5, 5.41) is 10.2. The number of ether oxygens (including phenoxy) is 1. The van der Waals surface area contributed by atoms with Crippen molar-refractivity contribution < 1.29 is 14.3 Å². The third-order valence-corrected chi connectivity index (χ3v) is 2.71. The number of fused-ring (bicyclic) bond motifs is 1. The number of H-pyrrole nitrogens is 1. The average molecular weight is 258 g/mol. The van der Waals surface area contributed by atoms with E-state index in [0.717, 1.165) is 11.5 Å². The minimum Gasteiger partial charge on any atom is -0.493 e. The number of methoxy groups -OCH3 is 1. The fourth-order valence-electron chi connectivity index (χ4n) is 1.95. The second-order valence-electron chi connectivity index (χ2n) is 3.92. The van der Waals surface area contributed by atoms with E-state index in [4.69, 9.17) is 9.15 Å². The van der Waals surface area contributed by atoms with Crippen molar-refractivity contribution in [3.05, 3.63) is 40.7 Å². The first-order chi connectivity index (χ1) is 9.19. The van der Waals surface area contributed by atoms with Gasteiger partial charge in [-0.15, -0.1) is 0 Å². The quantitative estimate of drug-likeness (QED) is 0.732. The number of para-hydroxylation sites is 1. The number of aromatic nitrogens is 2. The number of hydrogen-bond acceptors (Lipinski definition) is 5. The molecule has 0 bridgehead atoms. The maximum absolute atomic E-state index is 11.4. The van der Waals surface area contributed by atoms with Crippen LogP contribution in [-0.2, 0) is 0 Å². The zero-order valence-corrected chi connectivity index (χ0v) is 10.0. The topological polar surface area (TPSA) is 88.3 Å². The van der Waals surface area contributed by atoms with Gasteiger partial charge in [-0.25, -0.2) is 0 Å². The molecule has 6 nitrogen and oxygen atoms in total. The van der Waals surface area contributed by atoms with Gasteiger partial charge in [-0.1, -0.05) is 18.2 Å². The zero-order valence-electron chi connectivity index (χ0n) is 10.0. The van der Waals surface area contributed by atoms with Gasteiger partial charge in [-0.05, 0) is 6.07 Å². The molecule has 3 rings (SSSR count). The second-order valence-corrected chi connectivity index (χ2v) is 3.92. The van der Waals surface area contributed by atoms with Crippen LogP contribution in [0, 0.1) is 0 Å². The number of benzene rings is 1. The van der Waals surface area contributed by atoms with Crippen molar-refractivity contribution in [1.29, 1.82) is 0 Å². The molecule has 2 N–H and O–H groups in total. The summed E-state index contributed by atoms with van der Waals surface area (Å²) < 4.78 is 10.7. The van der Waals surface area contributed by atoms with E-state index in [1.807, 2.05) is 18.2 Å². The number of nitrogens with one attached hydrogen (secondary N) is 1. The minimum absolute atomic E-state index is 0.201. The molecule has 0 aliphatic carbocycles. The Labute approximate surface area is 107 Å². The molecule has 0 fully saturated rings. The van der Waals surface area contributed by atoms with Crippen LogP contribution in [0.2, 0.25) is 0 Å². The normalized spacial score (nSPS) is 10.8. The number of hydrogen-bond donors (Lipinski definition) is 2. The van der Waals surface area contributed by atoms with Crippen LogP contribution in [0.3, 0.4) is 0 Å². The van der Waals surface area contributed by atoms with Crippen molar-refractivity contribution in [1.82, 2.24) is 9.97 Å². The Kier molecular flexibility index (Phi) is 2.49. The van der Waals surface area contributed by atoms with Gasteiger partial charge in [0.2, 0.25) is 5.88 Å². The lowest BCUT2D eigenvalue weighted by Gasteiger charge is -2.01. The van der Waals surface area contributed by atoms with Crippen molar-refractivity contribution in [3.8, 4) is 23.2 Å². The molecule has 3 aromatic rings. The molecule has 19 heavy (non-hydrogen) atoms. The molecule has 0 unspecified atom stereocenters. The third-order valence-electron chi connectivity index (χ3n) is 2.71. The summed E-state index contributed by atoms with van der Waals surface area (Å²) in [6, 6.07) is 8.26. The fourth-order valence-corrected chi connectivity index (χ4v) is 1.95. The lowest BCUT2D eigenvalue weighted by Crippen LogP contribution is -2.06. The van der Waals surface area contributed by atoms with Crippen molar-refractivity contribution >= 4 is 11.0 Å². The van der Waals surface area contributed by atoms with Crippen LogP contribution in [0.4, 0.5) is 0 Å². The zero-order chi connectivity index (χ0) is 13.4. The molecule has 0 aliphatic heterocycles. The van der Waals surface area contributed by atoms with Gasteiger partial charge < -0.3 is 19.2 Å². The molecule has 0 spiro atoms. The predicted octanol–water partition coefficient (Wildman–Crippen LogP) is 1.90. The molecule has 2 heterocycles. The van der Waals surface area contributed by atoms with Crippen molar-refractivity contribution in [3.63, 3.8) is 0 Å². The Balaban J connectivity index is 2.37. The van der Waals surface area contributed by atoms with Crippen LogP contribution in [0.15, 0.2) is 39.5 Å². The van der Waals surface area contributed by atoms with Gasteiger partial charge in [0.15, 0.2) is 5.82 Å². The Morgan fingerprint density at radius 2 is 2.16 bits per heavy atom. The van der Waals surface area contributed by atoms with Crippen molar-refractivity contribution in [2.24, 2.45) is 0 Å². The monoisotopic (exact) mass is 258 g/mol. The predicted molar refractivity (Wildman–Crippen MR) is 68.3 cm³/mol. The fraction of sp³-hybridized carbons (Fsp3) is 0.0769. The molecule has 0 saturated carbocycles. The summed E-state index contributed by atoms with van der Waals surface area (Å²) in [4.78, 5) is 17.9. The summed E-state index contributed by atoms with van der Waals surface area (Å²) in [5.74, 6) is 0.0767. The van der Waals surface area contributed by atoms with Gasteiger partial charge in [0.25, 0.3) is 11.5 Å². The summed E-state index contributed by atoms with van der Waals surface area (Å²) in [6.45, 7) is 0. The number of nitrogens with zero attached hydrogens (tertiary/aromatic N) is 1. The number of aromatic amines is 1. The molecule has 6 heteroatoms. The standard InChI is InChI=1S/C13H10N2O4/c1-18-13-11(7-4-2-3-5-8(7)19-13)12-14-9(16)6-10(17)15-12/h2-6H,1H3,(H2,14,15,16,17). The van der Waals surface area contributed by atoms with E-state index in [2.05, 4.69) is 9.97 Å². The highest BCUT2D eigenvalue weighted by Crippen LogP contribution is 2.38. The maximum atomic E-state index is 11.4. The number of furan rings is 1. The van der Waals surface area contributed by atoms with Gasteiger partial charge >= 0.3 is 0 Å². The molecule has 1 aromatic carbocycles. The minimum atomic E-state index is -0.449. The Morgan fingerprint density at radius 1 is 1.37 bits per heavy atom. The third kappa shape index (κ3) is 1.83. The molecule has 2 aromatic heterocycles. The Hall–Kier alpha value is -2.76. The van der Waals surface area contributed by atoms with E-state index >= 15 is 0 Å². The van der Waals surface area contributed by atoms with E-state index in [-0.39, 0.29) is 17.7 Å². The summed E-state index contributed by atoms with van der Waals surface area (Å²) in [7, 11) is 1.46. The van der Waals surface area contributed by atoms with Gasteiger partial charge in [0.1, 0.15) is 11.1 Å². The van der Waals surface area contributed by atoms with E-state index in [1.165, 1.54) is 7.11 Å². The molecular formula is C13H10N2O4. The number of rotatable bonds is 2. The molecular weight excluding hydrogens is 248 g/mol. The molecule has 96 valence electrons. The molecule has 0 atom stereocenters. The lowest BCUT2D eigenvalue weighted by molar-refractivity contribution is 0.317. The molecule has 0 amide bonds. The summed E-state index contributed by atoms with van der Waals surface area (Å²) in [6.07, 6.45) is 0. The highest BCUT2D eigenvalue weighted by Gasteiger charge is 2.19. The first-order valence-corrected chi connectivity index (χ1v) is 5.55. The van der Waals surface area contributed by atoms with Crippen molar-refractivity contribution in [2.45, 2.75) is 0 Å². The first-order valence-electron chi connectivity index (χ1n) is 5.55. The average Bonchev–Trinajstić information content (AvgIpc) is 2.75. The van der Waals surface area contributed by atoms with Crippen LogP contribution in [0.1, 0.15) is 0 Å². The summed E-state index contributed by atoms with van der Waals surface area (Å²) in [5.41, 5.74) is 0.668. The van der Waals surface area contributed by atoms with Gasteiger partial charge in [0.05, 0.1) is 13.2 Å². The number of aromatic hydroxyl groups is 1. The molecule has 0 saturated heterocycles. The summed E-state index contributed by atoms with van der Waals surface area (Å²) >= 11 is 0. The molecule has 0 radical (unpaired) electrons. The van der Waals surface area contributed by atoms with E-state index in [1.54, 1.807) is 6.07 Å².